The molecule has 4 N–H and O–H groups in total. The van der Waals surface area contributed by atoms with Gasteiger partial charge in [-0.05, 0) is 44.4 Å². The highest BCUT2D eigenvalue weighted by molar-refractivity contribution is 5.94. The molecule has 0 aliphatic heterocycles. The van der Waals surface area contributed by atoms with Crippen molar-refractivity contribution in [1.82, 2.24) is 9.88 Å². The van der Waals surface area contributed by atoms with Crippen molar-refractivity contribution in [3.8, 4) is 6.07 Å². The van der Waals surface area contributed by atoms with Crippen molar-refractivity contribution >= 4 is 17.6 Å². The number of nitrogens with one attached hydrogen (secondary N) is 2. The lowest BCUT2D eigenvalue weighted by molar-refractivity contribution is -0.125. The summed E-state index contributed by atoms with van der Waals surface area (Å²) in [6.45, 7) is 9.36. The molecule has 0 saturated heterocycles. The van der Waals surface area contributed by atoms with Crippen LogP contribution in [0.1, 0.15) is 43.4 Å². The van der Waals surface area contributed by atoms with Crippen LogP contribution in [0.25, 0.3) is 0 Å². The van der Waals surface area contributed by atoms with E-state index in [1.165, 1.54) is 0 Å². The molecule has 150 valence electrons. The van der Waals surface area contributed by atoms with Crippen molar-refractivity contribution in [2.45, 2.75) is 46.7 Å². The van der Waals surface area contributed by atoms with Gasteiger partial charge < -0.3 is 20.0 Å². The molecule has 0 radical (unpaired) electrons. The first-order valence-corrected chi connectivity index (χ1v) is 9.08. The number of hydrogen-bond acceptors (Lipinski definition) is 5. The van der Waals surface area contributed by atoms with E-state index in [0.717, 1.165) is 11.3 Å². The highest BCUT2D eigenvalue weighted by Crippen LogP contribution is 2.27. The van der Waals surface area contributed by atoms with Crippen LogP contribution < -0.4 is 16.4 Å². The summed E-state index contributed by atoms with van der Waals surface area (Å²) in [4.78, 5) is 24.4. The average Bonchev–Trinajstić information content (AvgIpc) is 3.22. The maximum absolute atomic E-state index is 12.6. The van der Waals surface area contributed by atoms with E-state index < -0.39 is 11.4 Å². The van der Waals surface area contributed by atoms with Crippen LogP contribution in [-0.2, 0) is 16.1 Å². The largest absolute Gasteiger partial charge is 0.467 e. The van der Waals surface area contributed by atoms with Gasteiger partial charge in [0.25, 0.3) is 0 Å². The summed E-state index contributed by atoms with van der Waals surface area (Å²) in [6, 6.07) is 5.77. The lowest BCUT2D eigenvalue weighted by Gasteiger charge is -2.31. The van der Waals surface area contributed by atoms with Crippen molar-refractivity contribution in [2.75, 3.05) is 11.9 Å². The van der Waals surface area contributed by atoms with Gasteiger partial charge in [0, 0.05) is 5.69 Å². The molecule has 28 heavy (non-hydrogen) atoms. The number of furan rings is 1. The summed E-state index contributed by atoms with van der Waals surface area (Å²) in [6.07, 6.45) is 1.57. The quantitative estimate of drug-likeness (QED) is 0.641. The van der Waals surface area contributed by atoms with E-state index >= 15 is 0 Å². The third-order valence-corrected chi connectivity index (χ3v) is 5.38. The van der Waals surface area contributed by atoms with E-state index in [2.05, 4.69) is 16.7 Å². The molecule has 0 bridgehead atoms. The fourth-order valence-corrected chi connectivity index (χ4v) is 2.90. The molecule has 0 saturated carbocycles. The van der Waals surface area contributed by atoms with Crippen LogP contribution in [0.15, 0.2) is 22.8 Å². The third-order valence-electron chi connectivity index (χ3n) is 5.38. The van der Waals surface area contributed by atoms with Gasteiger partial charge in [0.2, 0.25) is 11.8 Å². The lowest BCUT2D eigenvalue weighted by Crippen LogP contribution is -2.58. The number of carbonyl (C=O) groups is 2. The molecule has 0 aromatic carbocycles. The number of nitrogens with zero attached hydrogens (tertiary/aromatic N) is 2. The Morgan fingerprint density at radius 2 is 2.07 bits per heavy atom. The first-order valence-electron chi connectivity index (χ1n) is 9.08. The van der Waals surface area contributed by atoms with Crippen molar-refractivity contribution in [3.05, 3.63) is 41.0 Å². The average molecular weight is 385 g/mol. The molecular weight excluding hydrogens is 358 g/mol. The molecule has 0 aliphatic rings. The molecule has 2 aromatic rings. The van der Waals surface area contributed by atoms with E-state index in [-0.39, 0.29) is 18.4 Å². The lowest BCUT2D eigenvalue weighted by atomic mass is 9.87. The predicted octanol–water partition coefficient (Wildman–Crippen LogP) is 2.05. The SMILES string of the molecule is Cc1c(C#N)c(NC(=O)CN[C@@](C)(C(N)=O)C(C)C)n(Cc2ccco2)c1C. The summed E-state index contributed by atoms with van der Waals surface area (Å²) in [5.41, 5.74) is 6.53. The first kappa shape index (κ1) is 21.3. The molecule has 2 aromatic heterocycles. The standard InChI is InChI=1S/C20H27N5O3/c1-12(2)20(5,19(22)27)23-10-17(26)24-18-16(9-21)13(3)14(4)25(18)11-15-7-6-8-28-15/h6-8,12,23H,10-11H2,1-5H3,(H2,22,27)(H,24,26)/t20-/m1/s1. The van der Waals surface area contributed by atoms with Crippen molar-refractivity contribution in [3.63, 3.8) is 0 Å². The van der Waals surface area contributed by atoms with Crippen molar-refractivity contribution in [2.24, 2.45) is 11.7 Å². The van der Waals surface area contributed by atoms with E-state index in [9.17, 15) is 14.9 Å². The second-order valence-corrected chi connectivity index (χ2v) is 7.33. The number of nitriles is 1. The highest BCUT2D eigenvalue weighted by atomic mass is 16.3. The smallest absolute Gasteiger partial charge is 0.239 e. The van der Waals surface area contributed by atoms with Gasteiger partial charge in [0.1, 0.15) is 17.6 Å². The number of hydrogen-bond donors (Lipinski definition) is 3. The zero-order valence-electron chi connectivity index (χ0n) is 16.9. The van der Waals surface area contributed by atoms with Gasteiger partial charge in [-0.25, -0.2) is 0 Å². The summed E-state index contributed by atoms with van der Waals surface area (Å²) in [5, 5.41) is 15.3. The Morgan fingerprint density at radius 1 is 1.39 bits per heavy atom. The molecule has 2 amide bonds. The van der Waals surface area contributed by atoms with Gasteiger partial charge in [-0.3, -0.25) is 14.9 Å². The fourth-order valence-electron chi connectivity index (χ4n) is 2.90. The van der Waals surface area contributed by atoms with Crippen LogP contribution in [0.4, 0.5) is 5.82 Å². The van der Waals surface area contributed by atoms with Gasteiger partial charge >= 0.3 is 0 Å². The zero-order chi connectivity index (χ0) is 21.1. The minimum absolute atomic E-state index is 0.0974. The minimum atomic E-state index is -1.02. The molecule has 0 aliphatic carbocycles. The summed E-state index contributed by atoms with van der Waals surface area (Å²) in [7, 11) is 0. The van der Waals surface area contributed by atoms with Crippen LogP contribution in [0.3, 0.4) is 0 Å². The summed E-state index contributed by atoms with van der Waals surface area (Å²) < 4.78 is 7.23. The van der Waals surface area contributed by atoms with Crippen LogP contribution in [0, 0.1) is 31.1 Å². The monoisotopic (exact) mass is 385 g/mol. The van der Waals surface area contributed by atoms with Gasteiger partial charge in [-0.2, -0.15) is 5.26 Å². The Kier molecular flexibility index (Phi) is 6.31. The zero-order valence-corrected chi connectivity index (χ0v) is 16.9. The number of nitrogens with two attached hydrogens (primary N) is 1. The fraction of sp³-hybridized carbons (Fsp3) is 0.450. The molecule has 8 heteroatoms. The molecular formula is C20H27N5O3. The molecule has 0 unspecified atom stereocenters. The Bertz CT molecular complexity index is 905. The predicted molar refractivity (Wildman–Crippen MR) is 106 cm³/mol. The Morgan fingerprint density at radius 3 is 2.57 bits per heavy atom. The molecule has 0 fully saturated rings. The third kappa shape index (κ3) is 4.10. The Labute approximate surface area is 164 Å². The second kappa shape index (κ2) is 8.31. The van der Waals surface area contributed by atoms with E-state index in [0.29, 0.717) is 23.7 Å². The number of primary amides is 1. The van der Waals surface area contributed by atoms with Gasteiger partial charge in [0.05, 0.1) is 30.5 Å². The maximum Gasteiger partial charge on any atom is 0.239 e. The molecule has 2 heterocycles. The maximum atomic E-state index is 12.6. The number of anilines is 1. The molecule has 1 atom stereocenters. The Hall–Kier alpha value is -3.05. The van der Waals surface area contributed by atoms with Crippen molar-refractivity contribution in [1.29, 1.82) is 5.26 Å². The second-order valence-electron chi connectivity index (χ2n) is 7.33. The van der Waals surface area contributed by atoms with Crippen molar-refractivity contribution < 1.29 is 14.0 Å². The Balaban J connectivity index is 2.25. The van der Waals surface area contributed by atoms with Gasteiger partial charge in [0.15, 0.2) is 0 Å². The van der Waals surface area contributed by atoms with Crippen LogP contribution >= 0.6 is 0 Å². The van der Waals surface area contributed by atoms with Crippen LogP contribution in [-0.4, -0.2) is 28.5 Å². The van der Waals surface area contributed by atoms with Crippen LogP contribution in [0.5, 0.6) is 0 Å². The topological polar surface area (TPSA) is 126 Å². The van der Waals surface area contributed by atoms with Gasteiger partial charge in [-0.1, -0.05) is 13.8 Å². The van der Waals surface area contributed by atoms with E-state index in [4.69, 9.17) is 10.2 Å². The normalized spacial score (nSPS) is 13.2. The molecule has 2 rings (SSSR count). The number of aromatic nitrogens is 1. The van der Waals surface area contributed by atoms with E-state index in [1.54, 1.807) is 19.3 Å². The first-order chi connectivity index (χ1) is 13.1. The number of amides is 2. The molecule has 8 nitrogen and oxygen atoms in total. The highest BCUT2D eigenvalue weighted by Gasteiger charge is 2.34. The van der Waals surface area contributed by atoms with Crippen LogP contribution in [0.2, 0.25) is 0 Å². The summed E-state index contributed by atoms with van der Waals surface area (Å²) >= 11 is 0. The van der Waals surface area contributed by atoms with E-state index in [1.807, 2.05) is 38.3 Å². The minimum Gasteiger partial charge on any atom is -0.467 e. The number of rotatable bonds is 8. The van der Waals surface area contributed by atoms with Gasteiger partial charge in [-0.15, -0.1) is 0 Å². The number of carbonyl (C=O) groups excluding carboxylic acids is 2. The molecule has 0 spiro atoms. The summed E-state index contributed by atoms with van der Waals surface area (Å²) in [5.74, 6) is 0.117.